The maximum absolute atomic E-state index is 13.7. The first-order valence-corrected chi connectivity index (χ1v) is 8.83. The van der Waals surface area contributed by atoms with Gasteiger partial charge in [-0.2, -0.15) is 5.10 Å². The van der Waals surface area contributed by atoms with Crippen LogP contribution in [0.25, 0.3) is 0 Å². The van der Waals surface area contributed by atoms with Crippen molar-refractivity contribution in [2.24, 2.45) is 0 Å². The van der Waals surface area contributed by atoms with Crippen LogP contribution in [0.15, 0.2) is 73.2 Å². The number of nitrogens with one attached hydrogen (secondary N) is 1. The van der Waals surface area contributed by atoms with E-state index in [0.717, 1.165) is 0 Å². The van der Waals surface area contributed by atoms with E-state index in [0.29, 0.717) is 11.3 Å². The quantitative estimate of drug-likeness (QED) is 0.523. The minimum absolute atomic E-state index is 0.112. The van der Waals surface area contributed by atoms with E-state index in [-0.39, 0.29) is 30.7 Å². The number of aromatic nitrogens is 5. The summed E-state index contributed by atoms with van der Waals surface area (Å²) in [5.74, 6) is 0.0453. The van der Waals surface area contributed by atoms with Gasteiger partial charge in [-0.05, 0) is 24.3 Å². The Bertz CT molecular complexity index is 1110. The van der Waals surface area contributed by atoms with Crippen LogP contribution in [0, 0.1) is 5.82 Å². The number of hydrogen-bond donors (Lipinski definition) is 1. The van der Waals surface area contributed by atoms with Crippen molar-refractivity contribution in [3.8, 4) is 5.75 Å². The molecule has 0 aliphatic rings. The Morgan fingerprint density at radius 1 is 1.00 bits per heavy atom. The molecule has 0 aliphatic carbocycles. The first kappa shape index (κ1) is 18.4. The summed E-state index contributed by atoms with van der Waals surface area (Å²) in [6.45, 7) is 0.383. The van der Waals surface area contributed by atoms with Crippen molar-refractivity contribution < 1.29 is 13.9 Å². The van der Waals surface area contributed by atoms with Gasteiger partial charge in [-0.25, -0.2) is 18.7 Å². The lowest BCUT2D eigenvalue weighted by Crippen LogP contribution is -2.15. The Balaban J connectivity index is 1.34. The highest BCUT2D eigenvalue weighted by Gasteiger charge is 2.13. The normalized spacial score (nSPS) is 10.7. The summed E-state index contributed by atoms with van der Waals surface area (Å²) >= 11 is 0. The van der Waals surface area contributed by atoms with Crippen molar-refractivity contribution in [3.63, 3.8) is 0 Å². The molecule has 2 aromatic heterocycles. The number of carbonyl (C=O) groups is 1. The van der Waals surface area contributed by atoms with E-state index in [4.69, 9.17) is 4.74 Å². The first-order valence-electron chi connectivity index (χ1n) is 8.83. The molecule has 0 unspecified atom stereocenters. The second kappa shape index (κ2) is 8.34. The summed E-state index contributed by atoms with van der Waals surface area (Å²) in [7, 11) is 0. The number of halogens is 1. The molecule has 29 heavy (non-hydrogen) atoms. The highest BCUT2D eigenvalue weighted by atomic mass is 19.1. The molecule has 9 heteroatoms. The van der Waals surface area contributed by atoms with Gasteiger partial charge in [-0.1, -0.05) is 36.4 Å². The molecular weight excluding hydrogens is 375 g/mol. The number of hydrogen-bond acceptors (Lipinski definition) is 5. The SMILES string of the molecule is O=C(Nc1ncn(Cc2ccccc2F)n1)c1ccn(COc2ccccc2)n1. The number of benzene rings is 2. The molecule has 0 atom stereocenters. The molecule has 2 heterocycles. The molecule has 1 amide bonds. The second-order valence-electron chi connectivity index (χ2n) is 6.14. The fourth-order valence-electron chi connectivity index (χ4n) is 2.61. The van der Waals surface area contributed by atoms with E-state index in [1.54, 1.807) is 30.5 Å². The summed E-state index contributed by atoms with van der Waals surface area (Å²) in [5.41, 5.74) is 0.680. The molecule has 8 nitrogen and oxygen atoms in total. The fourth-order valence-corrected chi connectivity index (χ4v) is 2.61. The number of rotatable bonds is 7. The second-order valence-corrected chi connectivity index (χ2v) is 6.14. The van der Waals surface area contributed by atoms with E-state index >= 15 is 0 Å². The van der Waals surface area contributed by atoms with E-state index in [1.807, 2.05) is 30.3 Å². The average Bonchev–Trinajstić information content (AvgIpc) is 3.39. The topological polar surface area (TPSA) is 86.9 Å². The van der Waals surface area contributed by atoms with E-state index in [9.17, 15) is 9.18 Å². The minimum Gasteiger partial charge on any atom is -0.471 e. The van der Waals surface area contributed by atoms with E-state index in [1.165, 1.54) is 21.8 Å². The largest absolute Gasteiger partial charge is 0.471 e. The van der Waals surface area contributed by atoms with Gasteiger partial charge < -0.3 is 4.74 Å². The molecule has 1 N–H and O–H groups in total. The van der Waals surface area contributed by atoms with Gasteiger partial charge in [0.05, 0.1) is 6.54 Å². The molecule has 4 aromatic rings. The number of ether oxygens (including phenoxy) is 1. The maximum atomic E-state index is 13.7. The van der Waals surface area contributed by atoms with Crippen LogP contribution in [0.1, 0.15) is 16.1 Å². The minimum atomic E-state index is -0.452. The zero-order valence-corrected chi connectivity index (χ0v) is 15.3. The molecule has 0 fully saturated rings. The van der Waals surface area contributed by atoms with Gasteiger partial charge in [0.25, 0.3) is 5.91 Å². The van der Waals surface area contributed by atoms with Crippen LogP contribution in [0.2, 0.25) is 0 Å². The standard InChI is InChI=1S/C20H17FN6O2/c21-17-9-5-4-6-15(17)12-27-13-22-20(25-27)23-19(28)18-10-11-26(24-18)14-29-16-7-2-1-3-8-16/h1-11,13H,12,14H2,(H,23,25,28). The van der Waals surface area contributed by atoms with Crippen molar-refractivity contribution in [3.05, 3.63) is 90.3 Å². The van der Waals surface area contributed by atoms with Crippen molar-refractivity contribution in [2.45, 2.75) is 13.3 Å². The summed E-state index contributed by atoms with van der Waals surface area (Å²) < 4.78 is 22.3. The van der Waals surface area contributed by atoms with Gasteiger partial charge in [0.2, 0.25) is 5.95 Å². The van der Waals surface area contributed by atoms with Crippen LogP contribution < -0.4 is 10.1 Å². The van der Waals surface area contributed by atoms with Gasteiger partial charge in [0.15, 0.2) is 12.4 Å². The molecule has 0 saturated heterocycles. The van der Waals surface area contributed by atoms with Crippen LogP contribution in [0.4, 0.5) is 10.3 Å². The van der Waals surface area contributed by atoms with Crippen molar-refractivity contribution in [1.82, 2.24) is 24.5 Å². The number of carbonyl (C=O) groups excluding carboxylic acids is 1. The van der Waals surface area contributed by atoms with Crippen molar-refractivity contribution in [2.75, 3.05) is 5.32 Å². The molecule has 2 aromatic carbocycles. The Labute approximate surface area is 165 Å². The first-order chi connectivity index (χ1) is 14.2. The molecule has 0 spiro atoms. The number of anilines is 1. The van der Waals surface area contributed by atoms with Gasteiger partial charge in [-0.15, -0.1) is 5.10 Å². The molecular formula is C20H17FN6O2. The highest BCUT2D eigenvalue weighted by Crippen LogP contribution is 2.10. The average molecular weight is 392 g/mol. The van der Waals surface area contributed by atoms with Gasteiger partial charge in [0.1, 0.15) is 17.9 Å². The third-order valence-electron chi connectivity index (χ3n) is 4.03. The Kier molecular flexibility index (Phi) is 5.28. The zero-order valence-electron chi connectivity index (χ0n) is 15.3. The third-order valence-corrected chi connectivity index (χ3v) is 4.03. The van der Waals surface area contributed by atoms with Crippen LogP contribution in [-0.4, -0.2) is 30.5 Å². The number of amides is 1. The fraction of sp³-hybridized carbons (Fsp3) is 0.100. The summed E-state index contributed by atoms with van der Waals surface area (Å²) in [5, 5.41) is 10.9. The number of nitrogens with zero attached hydrogens (tertiary/aromatic N) is 5. The lowest BCUT2D eigenvalue weighted by molar-refractivity contribution is 0.101. The Morgan fingerprint density at radius 2 is 1.79 bits per heavy atom. The summed E-state index contributed by atoms with van der Waals surface area (Å²) in [4.78, 5) is 16.4. The predicted molar refractivity (Wildman–Crippen MR) is 103 cm³/mol. The molecule has 0 aliphatic heterocycles. The maximum Gasteiger partial charge on any atom is 0.278 e. The van der Waals surface area contributed by atoms with Gasteiger partial charge >= 0.3 is 0 Å². The monoisotopic (exact) mass is 392 g/mol. The molecule has 0 radical (unpaired) electrons. The van der Waals surface area contributed by atoms with Gasteiger partial charge in [0, 0.05) is 11.8 Å². The Morgan fingerprint density at radius 3 is 2.62 bits per heavy atom. The lowest BCUT2D eigenvalue weighted by atomic mass is 10.2. The van der Waals surface area contributed by atoms with E-state index < -0.39 is 5.91 Å². The molecule has 0 saturated carbocycles. The smallest absolute Gasteiger partial charge is 0.278 e. The van der Waals surface area contributed by atoms with E-state index in [2.05, 4.69) is 20.5 Å². The molecule has 4 rings (SSSR count). The molecule has 0 bridgehead atoms. The van der Waals surface area contributed by atoms with Crippen LogP contribution >= 0.6 is 0 Å². The lowest BCUT2D eigenvalue weighted by Gasteiger charge is -2.05. The third kappa shape index (κ3) is 4.64. The molecule has 146 valence electrons. The number of para-hydroxylation sites is 1. The zero-order chi connectivity index (χ0) is 20.1. The Hall–Kier alpha value is -4.01. The highest BCUT2D eigenvalue weighted by molar-refractivity contribution is 6.01. The summed E-state index contributed by atoms with van der Waals surface area (Å²) in [6.07, 6.45) is 3.07. The van der Waals surface area contributed by atoms with Crippen LogP contribution in [0.3, 0.4) is 0 Å². The summed E-state index contributed by atoms with van der Waals surface area (Å²) in [6, 6.07) is 17.3. The van der Waals surface area contributed by atoms with Gasteiger partial charge in [-0.3, -0.25) is 10.1 Å². The van der Waals surface area contributed by atoms with Crippen LogP contribution in [-0.2, 0) is 13.3 Å². The van der Waals surface area contributed by atoms with Crippen molar-refractivity contribution >= 4 is 11.9 Å². The predicted octanol–water partition coefficient (Wildman–Crippen LogP) is 2.95. The van der Waals surface area contributed by atoms with Crippen molar-refractivity contribution in [1.29, 1.82) is 0 Å². The van der Waals surface area contributed by atoms with Crippen LogP contribution in [0.5, 0.6) is 5.75 Å².